The van der Waals surface area contributed by atoms with E-state index in [0.29, 0.717) is 11.5 Å². The topological polar surface area (TPSA) is 15.3 Å². The Morgan fingerprint density at radius 2 is 1.74 bits per heavy atom. The Balaban J connectivity index is 1.61. The summed E-state index contributed by atoms with van der Waals surface area (Å²) in [6, 6.07) is 15.3. The van der Waals surface area contributed by atoms with Gasteiger partial charge in [-0.25, -0.2) is 4.39 Å². The predicted molar refractivity (Wildman–Crippen MR) is 94.2 cm³/mol. The van der Waals surface area contributed by atoms with Crippen molar-refractivity contribution >= 4 is 0 Å². The minimum atomic E-state index is -0.160. The Morgan fingerprint density at radius 3 is 2.43 bits per heavy atom. The molecule has 2 aromatic rings. The summed E-state index contributed by atoms with van der Waals surface area (Å²) in [4.78, 5) is 2.53. The van der Waals surface area contributed by atoms with Crippen LogP contribution in [0, 0.1) is 5.82 Å². The molecule has 1 atom stereocenters. The minimum absolute atomic E-state index is 0.160. The van der Waals surface area contributed by atoms with Crippen LogP contribution in [0.25, 0.3) is 11.1 Å². The van der Waals surface area contributed by atoms with Gasteiger partial charge in [0.05, 0.1) is 0 Å². The number of nitrogens with zero attached hydrogens (tertiary/aromatic N) is 1. The van der Waals surface area contributed by atoms with Crippen molar-refractivity contribution in [2.75, 3.05) is 32.7 Å². The van der Waals surface area contributed by atoms with Crippen molar-refractivity contribution < 1.29 is 4.39 Å². The van der Waals surface area contributed by atoms with Gasteiger partial charge in [0.2, 0.25) is 0 Å². The number of nitrogens with one attached hydrogen (secondary N) is 1. The number of hydrogen-bond acceptors (Lipinski definition) is 2. The quantitative estimate of drug-likeness (QED) is 0.901. The first kappa shape index (κ1) is 16.2. The second-order valence-electron chi connectivity index (χ2n) is 6.38. The molecule has 1 unspecified atom stereocenters. The first-order valence-electron chi connectivity index (χ1n) is 8.52. The first-order chi connectivity index (χ1) is 11.2. The van der Waals surface area contributed by atoms with E-state index < -0.39 is 0 Å². The highest BCUT2D eigenvalue weighted by atomic mass is 19.1. The molecule has 1 aliphatic heterocycles. The lowest BCUT2D eigenvalue weighted by molar-refractivity contribution is 0.234. The summed E-state index contributed by atoms with van der Waals surface area (Å²) in [5, 5.41) is 3.39. The highest BCUT2D eigenvalue weighted by Crippen LogP contribution is 2.26. The summed E-state index contributed by atoms with van der Waals surface area (Å²) in [7, 11) is 0. The Labute approximate surface area is 138 Å². The molecule has 3 heteroatoms. The van der Waals surface area contributed by atoms with E-state index in [-0.39, 0.29) is 5.82 Å². The largest absolute Gasteiger partial charge is 0.314 e. The van der Waals surface area contributed by atoms with Gasteiger partial charge in [-0.1, -0.05) is 49.4 Å². The van der Waals surface area contributed by atoms with Crippen LogP contribution in [0.3, 0.4) is 0 Å². The maximum absolute atomic E-state index is 13.9. The molecular weight excluding hydrogens is 287 g/mol. The standard InChI is InChI=1S/C20H25FN2/c1-16(10-13-23-14-11-22-12-15-23)17-6-8-18(9-7-17)19-4-2-3-5-20(19)21/h2-9,16,22H,10-15H2,1H3. The van der Waals surface area contributed by atoms with Crippen LogP contribution < -0.4 is 5.32 Å². The molecule has 3 rings (SSSR count). The third kappa shape index (κ3) is 4.18. The summed E-state index contributed by atoms with van der Waals surface area (Å²) in [6.07, 6.45) is 1.17. The smallest absolute Gasteiger partial charge is 0.131 e. The van der Waals surface area contributed by atoms with Crippen molar-refractivity contribution in [3.8, 4) is 11.1 Å². The lowest BCUT2D eigenvalue weighted by Crippen LogP contribution is -2.43. The van der Waals surface area contributed by atoms with Crippen LogP contribution in [0.4, 0.5) is 4.39 Å². The van der Waals surface area contributed by atoms with Crippen LogP contribution in [0.5, 0.6) is 0 Å². The summed E-state index contributed by atoms with van der Waals surface area (Å²) in [6.45, 7) is 7.94. The van der Waals surface area contributed by atoms with Crippen molar-refractivity contribution in [2.24, 2.45) is 0 Å². The van der Waals surface area contributed by atoms with Crippen LogP contribution in [0.15, 0.2) is 48.5 Å². The third-order valence-corrected chi connectivity index (χ3v) is 4.75. The van der Waals surface area contributed by atoms with Gasteiger partial charge in [0.15, 0.2) is 0 Å². The summed E-state index contributed by atoms with van der Waals surface area (Å²) >= 11 is 0. The van der Waals surface area contributed by atoms with E-state index in [4.69, 9.17) is 0 Å². The maximum Gasteiger partial charge on any atom is 0.131 e. The molecule has 1 heterocycles. The zero-order valence-corrected chi connectivity index (χ0v) is 13.8. The molecule has 0 radical (unpaired) electrons. The molecule has 1 aliphatic rings. The third-order valence-electron chi connectivity index (χ3n) is 4.75. The fraction of sp³-hybridized carbons (Fsp3) is 0.400. The average Bonchev–Trinajstić information content (AvgIpc) is 2.61. The number of hydrogen-bond donors (Lipinski definition) is 1. The molecule has 122 valence electrons. The van der Waals surface area contributed by atoms with Crippen molar-refractivity contribution in [1.82, 2.24) is 10.2 Å². The average molecular weight is 312 g/mol. The molecule has 0 aromatic heterocycles. The predicted octanol–water partition coefficient (Wildman–Crippen LogP) is 3.89. The number of halogens is 1. The molecule has 0 aliphatic carbocycles. The van der Waals surface area contributed by atoms with Crippen molar-refractivity contribution in [2.45, 2.75) is 19.3 Å². The maximum atomic E-state index is 13.9. The van der Waals surface area contributed by atoms with E-state index in [1.54, 1.807) is 6.07 Å². The van der Waals surface area contributed by atoms with Crippen LogP contribution in [-0.2, 0) is 0 Å². The molecule has 0 saturated carbocycles. The fourth-order valence-corrected chi connectivity index (χ4v) is 3.16. The second-order valence-corrected chi connectivity index (χ2v) is 6.38. The highest BCUT2D eigenvalue weighted by molar-refractivity contribution is 5.64. The van der Waals surface area contributed by atoms with Gasteiger partial charge in [0.1, 0.15) is 5.82 Å². The van der Waals surface area contributed by atoms with E-state index in [1.165, 1.54) is 18.1 Å². The molecule has 23 heavy (non-hydrogen) atoms. The Bertz CT molecular complexity index is 618. The lowest BCUT2D eigenvalue weighted by Gasteiger charge is -2.28. The summed E-state index contributed by atoms with van der Waals surface area (Å²) in [5.41, 5.74) is 2.95. The molecular formula is C20H25FN2. The van der Waals surface area contributed by atoms with E-state index in [9.17, 15) is 4.39 Å². The van der Waals surface area contributed by atoms with E-state index in [0.717, 1.165) is 38.3 Å². The van der Waals surface area contributed by atoms with Gasteiger partial charge < -0.3 is 10.2 Å². The van der Waals surface area contributed by atoms with Gasteiger partial charge in [0, 0.05) is 31.7 Å². The van der Waals surface area contributed by atoms with Crippen LogP contribution >= 0.6 is 0 Å². The fourth-order valence-electron chi connectivity index (χ4n) is 3.16. The Morgan fingerprint density at radius 1 is 1.04 bits per heavy atom. The lowest BCUT2D eigenvalue weighted by atomic mass is 9.95. The molecule has 2 aromatic carbocycles. The van der Waals surface area contributed by atoms with Crippen molar-refractivity contribution in [3.05, 3.63) is 59.9 Å². The van der Waals surface area contributed by atoms with Crippen LogP contribution in [0.1, 0.15) is 24.8 Å². The number of piperazine rings is 1. The van der Waals surface area contributed by atoms with Gasteiger partial charge in [0.25, 0.3) is 0 Å². The molecule has 1 fully saturated rings. The van der Waals surface area contributed by atoms with E-state index in [1.807, 2.05) is 24.3 Å². The van der Waals surface area contributed by atoms with Crippen LogP contribution in [-0.4, -0.2) is 37.6 Å². The normalized spacial score (nSPS) is 17.1. The molecule has 0 amide bonds. The van der Waals surface area contributed by atoms with E-state index >= 15 is 0 Å². The van der Waals surface area contributed by atoms with Gasteiger partial charge in [-0.3, -0.25) is 0 Å². The van der Waals surface area contributed by atoms with Gasteiger partial charge >= 0.3 is 0 Å². The zero-order chi connectivity index (χ0) is 16.1. The van der Waals surface area contributed by atoms with Gasteiger partial charge in [-0.05, 0) is 36.1 Å². The molecule has 0 bridgehead atoms. The van der Waals surface area contributed by atoms with E-state index in [2.05, 4.69) is 29.3 Å². The second kappa shape index (κ2) is 7.71. The summed E-state index contributed by atoms with van der Waals surface area (Å²) in [5.74, 6) is 0.367. The number of rotatable bonds is 5. The van der Waals surface area contributed by atoms with Crippen LogP contribution in [0.2, 0.25) is 0 Å². The van der Waals surface area contributed by atoms with Gasteiger partial charge in [-0.2, -0.15) is 0 Å². The Kier molecular flexibility index (Phi) is 5.42. The van der Waals surface area contributed by atoms with Crippen molar-refractivity contribution in [3.63, 3.8) is 0 Å². The SMILES string of the molecule is CC(CCN1CCNCC1)c1ccc(-c2ccccc2F)cc1. The number of benzene rings is 2. The molecule has 2 nitrogen and oxygen atoms in total. The molecule has 1 N–H and O–H groups in total. The zero-order valence-electron chi connectivity index (χ0n) is 13.8. The molecule has 1 saturated heterocycles. The minimum Gasteiger partial charge on any atom is -0.314 e. The molecule has 0 spiro atoms. The van der Waals surface area contributed by atoms with Gasteiger partial charge in [-0.15, -0.1) is 0 Å². The first-order valence-corrected chi connectivity index (χ1v) is 8.52. The van der Waals surface area contributed by atoms with Crippen molar-refractivity contribution in [1.29, 1.82) is 0 Å². The Hall–Kier alpha value is -1.71. The highest BCUT2D eigenvalue weighted by Gasteiger charge is 2.12. The monoisotopic (exact) mass is 312 g/mol. The summed E-state index contributed by atoms with van der Waals surface area (Å²) < 4.78 is 13.9.